The Morgan fingerprint density at radius 3 is 2.84 bits per heavy atom. The number of aliphatic hydroxyl groups is 1. The zero-order valence-corrected chi connectivity index (χ0v) is 23.3. The number of aromatic nitrogens is 1. The molecule has 5 rings (SSSR count). The standard InChI is InChI=1S/C30H37N3O4.H2S/c1-20-27-13-14-33(16-23(27)9-12-29(20)36-18-30-21(2)31-19-37-30)17-26(34)10-11-28(35)22-5-3-8-25(15-22)32-24-6-4-7-24;/h3,5,8-9,12,15,19,24,26,32,34H,4,6-7,10-11,13-14,16-18H2,1-2H3;1H2/t26-;/m0./s1. The molecular weight excluding hydrogens is 498 g/mol. The van der Waals surface area contributed by atoms with Crippen LogP contribution < -0.4 is 10.1 Å². The monoisotopic (exact) mass is 537 g/mol. The number of carbonyl (C=O) groups is 1. The Morgan fingerprint density at radius 2 is 2.11 bits per heavy atom. The van der Waals surface area contributed by atoms with E-state index in [9.17, 15) is 9.90 Å². The molecule has 2 N–H and O–H groups in total. The van der Waals surface area contributed by atoms with Gasteiger partial charge in [-0.05, 0) is 80.8 Å². The van der Waals surface area contributed by atoms with Crippen molar-refractivity contribution in [2.24, 2.45) is 0 Å². The van der Waals surface area contributed by atoms with Gasteiger partial charge in [0.15, 0.2) is 17.9 Å². The van der Waals surface area contributed by atoms with Gasteiger partial charge in [-0.15, -0.1) is 0 Å². The molecule has 38 heavy (non-hydrogen) atoms. The molecule has 0 unspecified atom stereocenters. The molecule has 3 aromatic rings. The topological polar surface area (TPSA) is 87.8 Å². The van der Waals surface area contributed by atoms with Crippen LogP contribution in [0.4, 0.5) is 5.69 Å². The molecule has 1 aromatic heterocycles. The zero-order valence-electron chi connectivity index (χ0n) is 22.3. The van der Waals surface area contributed by atoms with Crippen LogP contribution >= 0.6 is 13.5 Å². The van der Waals surface area contributed by atoms with Gasteiger partial charge in [0.1, 0.15) is 12.4 Å². The SMILES string of the molecule is Cc1ncoc1COc1ccc2c(c1C)CCN(C[C@@H](O)CCC(=O)c1cccc(NC3CCC3)c1)C2.S. The second-order valence-corrected chi connectivity index (χ2v) is 10.4. The van der Waals surface area contributed by atoms with Gasteiger partial charge < -0.3 is 19.6 Å². The first-order chi connectivity index (χ1) is 18.0. The van der Waals surface area contributed by atoms with Crippen LogP contribution in [0.2, 0.25) is 0 Å². The number of rotatable bonds is 11. The summed E-state index contributed by atoms with van der Waals surface area (Å²) in [5.41, 5.74) is 6.33. The Bertz CT molecular complexity index is 1240. The van der Waals surface area contributed by atoms with Crippen LogP contribution in [0.3, 0.4) is 0 Å². The van der Waals surface area contributed by atoms with Gasteiger partial charge in [-0.3, -0.25) is 9.69 Å². The number of β-amino-alcohol motifs (C(OH)–C–C–N with tert-alkyl or cyclic N) is 1. The number of oxazole rings is 1. The van der Waals surface area contributed by atoms with E-state index in [0.29, 0.717) is 32.0 Å². The van der Waals surface area contributed by atoms with Crippen molar-refractivity contribution in [1.82, 2.24) is 9.88 Å². The predicted octanol–water partition coefficient (Wildman–Crippen LogP) is 5.33. The van der Waals surface area contributed by atoms with Crippen LogP contribution in [0.15, 0.2) is 47.2 Å². The summed E-state index contributed by atoms with van der Waals surface area (Å²) in [4.78, 5) is 19.2. The molecule has 1 fully saturated rings. The summed E-state index contributed by atoms with van der Waals surface area (Å²) < 4.78 is 11.4. The molecule has 1 atom stereocenters. The van der Waals surface area contributed by atoms with E-state index in [1.807, 2.05) is 37.3 Å². The van der Waals surface area contributed by atoms with Crippen molar-refractivity contribution in [1.29, 1.82) is 0 Å². The molecule has 8 heteroatoms. The highest BCUT2D eigenvalue weighted by Gasteiger charge is 2.22. The van der Waals surface area contributed by atoms with Crippen LogP contribution in [-0.4, -0.2) is 46.0 Å². The van der Waals surface area contributed by atoms with Gasteiger partial charge in [0, 0.05) is 43.3 Å². The Kier molecular flexibility index (Phi) is 9.52. The van der Waals surface area contributed by atoms with Crippen LogP contribution in [0.1, 0.15) is 70.6 Å². The number of aryl methyl sites for hydroxylation is 1. The third kappa shape index (κ3) is 6.79. The van der Waals surface area contributed by atoms with E-state index in [0.717, 1.165) is 53.5 Å². The molecule has 0 saturated heterocycles. The Balaban J connectivity index is 0.00000336. The van der Waals surface area contributed by atoms with E-state index in [2.05, 4.69) is 28.2 Å². The van der Waals surface area contributed by atoms with E-state index < -0.39 is 6.10 Å². The zero-order chi connectivity index (χ0) is 25.8. The molecule has 2 heterocycles. The second-order valence-electron chi connectivity index (χ2n) is 10.4. The summed E-state index contributed by atoms with van der Waals surface area (Å²) in [5, 5.41) is 14.2. The number of benzene rings is 2. The fourth-order valence-corrected chi connectivity index (χ4v) is 5.20. The summed E-state index contributed by atoms with van der Waals surface area (Å²) in [6.45, 7) is 6.61. The summed E-state index contributed by atoms with van der Waals surface area (Å²) in [6, 6.07) is 12.4. The lowest BCUT2D eigenvalue weighted by Gasteiger charge is -2.31. The number of aliphatic hydroxyl groups excluding tert-OH is 1. The third-order valence-corrected chi connectivity index (χ3v) is 7.76. The summed E-state index contributed by atoms with van der Waals surface area (Å²) in [6.07, 6.45) is 6.31. The van der Waals surface area contributed by atoms with Crippen molar-refractivity contribution in [2.45, 2.75) is 77.7 Å². The van der Waals surface area contributed by atoms with Gasteiger partial charge >= 0.3 is 0 Å². The summed E-state index contributed by atoms with van der Waals surface area (Å²) in [7, 11) is 0. The van der Waals surface area contributed by atoms with Gasteiger partial charge in [0.05, 0.1) is 11.8 Å². The molecule has 0 bridgehead atoms. The van der Waals surface area contributed by atoms with Gasteiger partial charge in [0.25, 0.3) is 0 Å². The van der Waals surface area contributed by atoms with Gasteiger partial charge in [-0.1, -0.05) is 18.2 Å². The van der Waals surface area contributed by atoms with E-state index in [1.165, 1.54) is 36.8 Å². The molecule has 1 aliphatic carbocycles. The number of Topliss-reactive ketones (excluding diaryl/α,β-unsaturated/α-hetero) is 1. The maximum Gasteiger partial charge on any atom is 0.181 e. The van der Waals surface area contributed by atoms with Crippen molar-refractivity contribution < 1.29 is 19.1 Å². The maximum absolute atomic E-state index is 12.8. The molecule has 2 aliphatic rings. The predicted molar refractivity (Wildman–Crippen MR) is 153 cm³/mol. The smallest absolute Gasteiger partial charge is 0.181 e. The minimum Gasteiger partial charge on any atom is -0.485 e. The highest BCUT2D eigenvalue weighted by molar-refractivity contribution is 7.59. The van der Waals surface area contributed by atoms with Crippen molar-refractivity contribution in [3.63, 3.8) is 0 Å². The first-order valence-corrected chi connectivity index (χ1v) is 13.4. The first-order valence-electron chi connectivity index (χ1n) is 13.4. The Morgan fingerprint density at radius 1 is 1.26 bits per heavy atom. The fourth-order valence-electron chi connectivity index (χ4n) is 5.20. The Hall–Kier alpha value is -2.81. The van der Waals surface area contributed by atoms with Gasteiger partial charge in [-0.2, -0.15) is 13.5 Å². The lowest BCUT2D eigenvalue weighted by atomic mass is 9.93. The number of nitrogens with zero attached hydrogens (tertiary/aromatic N) is 2. The number of anilines is 1. The minimum atomic E-state index is -0.532. The second kappa shape index (κ2) is 12.8. The number of hydrogen-bond donors (Lipinski definition) is 2. The minimum absolute atomic E-state index is 0. The van der Waals surface area contributed by atoms with Crippen LogP contribution in [0, 0.1) is 13.8 Å². The molecule has 0 amide bonds. The molecule has 7 nitrogen and oxygen atoms in total. The third-order valence-electron chi connectivity index (χ3n) is 7.76. The molecule has 1 aliphatic heterocycles. The first kappa shape index (κ1) is 28.2. The van der Waals surface area contributed by atoms with E-state index in [-0.39, 0.29) is 19.3 Å². The summed E-state index contributed by atoms with van der Waals surface area (Å²) in [5.74, 6) is 1.70. The normalized spacial score (nSPS) is 16.2. The Labute approximate surface area is 232 Å². The van der Waals surface area contributed by atoms with E-state index in [1.54, 1.807) is 0 Å². The number of ketones is 1. The summed E-state index contributed by atoms with van der Waals surface area (Å²) >= 11 is 0. The molecule has 0 radical (unpaired) electrons. The average Bonchev–Trinajstić information content (AvgIpc) is 3.29. The highest BCUT2D eigenvalue weighted by atomic mass is 32.1. The number of nitrogens with one attached hydrogen (secondary N) is 1. The van der Waals surface area contributed by atoms with Gasteiger partial charge in [-0.25, -0.2) is 4.98 Å². The number of ether oxygens (including phenoxy) is 1. The van der Waals surface area contributed by atoms with Crippen LogP contribution in [0.5, 0.6) is 5.75 Å². The molecule has 0 spiro atoms. The lowest BCUT2D eigenvalue weighted by molar-refractivity contribution is 0.0836. The number of carbonyl (C=O) groups excluding carboxylic acids is 1. The van der Waals surface area contributed by atoms with E-state index in [4.69, 9.17) is 9.15 Å². The molecule has 204 valence electrons. The van der Waals surface area contributed by atoms with Crippen LogP contribution in [-0.2, 0) is 19.6 Å². The largest absolute Gasteiger partial charge is 0.485 e. The van der Waals surface area contributed by atoms with Crippen molar-refractivity contribution in [3.05, 3.63) is 76.5 Å². The van der Waals surface area contributed by atoms with Crippen molar-refractivity contribution >= 4 is 25.0 Å². The fraction of sp³-hybridized carbons (Fsp3) is 0.467. The van der Waals surface area contributed by atoms with Crippen molar-refractivity contribution in [2.75, 3.05) is 18.4 Å². The molecular formula is C30H39N3O4S. The average molecular weight is 538 g/mol. The number of fused-ring (bicyclic) bond motifs is 1. The molecule has 2 aromatic carbocycles. The quantitative estimate of drug-likeness (QED) is 0.320. The van der Waals surface area contributed by atoms with Gasteiger partial charge in [0.2, 0.25) is 0 Å². The highest BCUT2D eigenvalue weighted by Crippen LogP contribution is 2.30. The van der Waals surface area contributed by atoms with Crippen molar-refractivity contribution in [3.8, 4) is 5.75 Å². The maximum atomic E-state index is 12.8. The van der Waals surface area contributed by atoms with Crippen LogP contribution in [0.25, 0.3) is 0 Å². The lowest BCUT2D eigenvalue weighted by Crippen LogP contribution is -2.37. The van der Waals surface area contributed by atoms with E-state index >= 15 is 0 Å². The number of hydrogen-bond acceptors (Lipinski definition) is 7. The molecule has 1 saturated carbocycles.